The Morgan fingerprint density at radius 3 is 2.58 bits per heavy atom. The molecule has 1 amide bonds. The van der Waals surface area contributed by atoms with E-state index in [1.54, 1.807) is 18.0 Å². The largest absolute Gasteiger partial charge is 0.271 e. The first kappa shape index (κ1) is 14.3. The lowest BCUT2D eigenvalue weighted by Gasteiger charge is -2.24. The second kappa shape index (κ2) is 5.45. The molecule has 102 valence electrons. The molecule has 2 atom stereocenters. The van der Waals surface area contributed by atoms with Gasteiger partial charge in [-0.25, -0.2) is 4.99 Å². The molecule has 0 aliphatic carbocycles. The summed E-state index contributed by atoms with van der Waals surface area (Å²) < 4.78 is -0.390. The Labute approximate surface area is 118 Å². The molecule has 1 aliphatic heterocycles. The van der Waals surface area contributed by atoms with Crippen molar-refractivity contribution in [3.63, 3.8) is 0 Å². The third kappa shape index (κ3) is 2.89. The molecule has 19 heavy (non-hydrogen) atoms. The van der Waals surface area contributed by atoms with E-state index in [1.165, 1.54) is 0 Å². The van der Waals surface area contributed by atoms with Crippen LogP contribution in [-0.2, 0) is 4.79 Å². The standard InChI is InChI=1S/C15H20N2OS/c1-10(2)15(4)14(18)17-13(19-15)9-11(3)12-7-5-6-8-16-12/h5-8,10-11H,9H2,1-4H3/t11-,15-/m0/s1. The van der Waals surface area contributed by atoms with E-state index in [-0.39, 0.29) is 22.5 Å². The van der Waals surface area contributed by atoms with Crippen molar-refractivity contribution < 1.29 is 4.79 Å². The molecular formula is C15H20N2OS. The topological polar surface area (TPSA) is 42.3 Å². The van der Waals surface area contributed by atoms with Gasteiger partial charge in [-0.05, 0) is 25.0 Å². The third-order valence-corrected chi connectivity index (χ3v) is 5.32. The smallest absolute Gasteiger partial charge is 0.263 e. The van der Waals surface area contributed by atoms with Crippen molar-refractivity contribution in [2.24, 2.45) is 10.9 Å². The molecule has 2 rings (SSSR count). The van der Waals surface area contributed by atoms with E-state index in [1.807, 2.05) is 25.1 Å². The van der Waals surface area contributed by atoms with E-state index in [9.17, 15) is 4.79 Å². The van der Waals surface area contributed by atoms with Gasteiger partial charge in [0.25, 0.3) is 5.91 Å². The van der Waals surface area contributed by atoms with Crippen LogP contribution in [0.3, 0.4) is 0 Å². The molecule has 0 aromatic carbocycles. The predicted octanol–water partition coefficient (Wildman–Crippen LogP) is 3.66. The number of aliphatic imine (C=N–C) groups is 1. The minimum absolute atomic E-state index is 0.00993. The average Bonchev–Trinajstić information content (AvgIpc) is 2.67. The number of pyridine rings is 1. The number of thioether (sulfide) groups is 1. The van der Waals surface area contributed by atoms with Crippen molar-refractivity contribution in [2.75, 3.05) is 0 Å². The second-order valence-electron chi connectivity index (χ2n) is 5.53. The summed E-state index contributed by atoms with van der Waals surface area (Å²) in [7, 11) is 0. The SMILES string of the molecule is CC(C)[C@]1(C)SC(C[C@H](C)c2ccccn2)=NC1=O. The summed E-state index contributed by atoms with van der Waals surface area (Å²) in [6.07, 6.45) is 2.59. The molecule has 0 saturated carbocycles. The van der Waals surface area contributed by atoms with Crippen molar-refractivity contribution in [1.29, 1.82) is 0 Å². The first-order chi connectivity index (χ1) is 8.93. The Hall–Kier alpha value is -1.16. The fourth-order valence-corrected chi connectivity index (χ4v) is 3.34. The Kier molecular flexibility index (Phi) is 4.09. The molecule has 2 heterocycles. The fraction of sp³-hybridized carbons (Fsp3) is 0.533. The predicted molar refractivity (Wildman–Crippen MR) is 80.5 cm³/mol. The highest BCUT2D eigenvalue weighted by atomic mass is 32.2. The summed E-state index contributed by atoms with van der Waals surface area (Å²) in [6.45, 7) is 8.27. The molecule has 3 nitrogen and oxygen atoms in total. The Bertz CT molecular complexity index is 498. The molecule has 0 unspecified atom stereocenters. The number of hydrogen-bond donors (Lipinski definition) is 0. The lowest BCUT2D eigenvalue weighted by atomic mass is 9.96. The minimum atomic E-state index is -0.390. The van der Waals surface area contributed by atoms with Gasteiger partial charge in [0.2, 0.25) is 0 Å². The summed E-state index contributed by atoms with van der Waals surface area (Å²) in [6, 6.07) is 5.93. The highest BCUT2D eigenvalue weighted by Crippen LogP contribution is 2.42. The van der Waals surface area contributed by atoms with Crippen LogP contribution in [0.25, 0.3) is 0 Å². The molecule has 0 spiro atoms. The van der Waals surface area contributed by atoms with Crippen molar-refractivity contribution in [3.8, 4) is 0 Å². The van der Waals surface area contributed by atoms with Gasteiger partial charge < -0.3 is 0 Å². The van der Waals surface area contributed by atoms with Crippen LogP contribution in [0.4, 0.5) is 0 Å². The van der Waals surface area contributed by atoms with Gasteiger partial charge in [-0.3, -0.25) is 9.78 Å². The molecule has 1 aromatic rings. The lowest BCUT2D eigenvalue weighted by molar-refractivity contribution is -0.120. The van der Waals surface area contributed by atoms with Crippen LogP contribution in [0.15, 0.2) is 29.4 Å². The van der Waals surface area contributed by atoms with Gasteiger partial charge in [0.15, 0.2) is 0 Å². The second-order valence-corrected chi connectivity index (χ2v) is 7.06. The number of hydrogen-bond acceptors (Lipinski definition) is 3. The highest BCUT2D eigenvalue weighted by Gasteiger charge is 2.43. The van der Waals surface area contributed by atoms with Crippen molar-refractivity contribution >= 4 is 22.7 Å². The van der Waals surface area contributed by atoms with Gasteiger partial charge in [0.05, 0.1) is 5.04 Å². The Morgan fingerprint density at radius 1 is 1.32 bits per heavy atom. The van der Waals surface area contributed by atoms with E-state index in [4.69, 9.17) is 0 Å². The van der Waals surface area contributed by atoms with E-state index >= 15 is 0 Å². The minimum Gasteiger partial charge on any atom is -0.271 e. The molecule has 0 fully saturated rings. The van der Waals surface area contributed by atoms with E-state index in [0.717, 1.165) is 17.2 Å². The maximum Gasteiger partial charge on any atom is 0.263 e. The molecule has 1 aromatic heterocycles. The van der Waals surface area contributed by atoms with Crippen LogP contribution in [0.2, 0.25) is 0 Å². The van der Waals surface area contributed by atoms with Crippen LogP contribution in [0.1, 0.15) is 45.7 Å². The first-order valence-electron chi connectivity index (χ1n) is 6.65. The van der Waals surface area contributed by atoms with Gasteiger partial charge in [-0.1, -0.05) is 38.6 Å². The monoisotopic (exact) mass is 276 g/mol. The normalized spacial score (nSPS) is 24.7. The number of amides is 1. The van der Waals surface area contributed by atoms with E-state index in [0.29, 0.717) is 0 Å². The summed E-state index contributed by atoms with van der Waals surface area (Å²) in [5.41, 5.74) is 1.05. The molecule has 0 radical (unpaired) electrons. The van der Waals surface area contributed by atoms with Gasteiger partial charge in [0, 0.05) is 24.2 Å². The Morgan fingerprint density at radius 2 is 2.05 bits per heavy atom. The highest BCUT2D eigenvalue weighted by molar-refractivity contribution is 8.16. The molecule has 1 aliphatic rings. The molecular weight excluding hydrogens is 256 g/mol. The van der Waals surface area contributed by atoms with E-state index < -0.39 is 0 Å². The van der Waals surface area contributed by atoms with E-state index in [2.05, 4.69) is 30.7 Å². The number of carbonyl (C=O) groups excluding carboxylic acids is 1. The lowest BCUT2D eigenvalue weighted by Crippen LogP contribution is -2.33. The van der Waals surface area contributed by atoms with Crippen molar-refractivity contribution in [3.05, 3.63) is 30.1 Å². The Balaban J connectivity index is 2.06. The summed E-state index contributed by atoms with van der Waals surface area (Å²) in [4.78, 5) is 20.6. The maximum atomic E-state index is 12.0. The van der Waals surface area contributed by atoms with Gasteiger partial charge in [-0.2, -0.15) is 0 Å². The van der Waals surface area contributed by atoms with Crippen molar-refractivity contribution in [1.82, 2.24) is 4.98 Å². The summed E-state index contributed by atoms with van der Waals surface area (Å²) in [5.74, 6) is 0.585. The maximum absolute atomic E-state index is 12.0. The van der Waals surface area contributed by atoms with Crippen LogP contribution in [-0.4, -0.2) is 20.7 Å². The van der Waals surface area contributed by atoms with Gasteiger partial charge >= 0.3 is 0 Å². The number of nitrogens with zero attached hydrogens (tertiary/aromatic N) is 2. The molecule has 0 bridgehead atoms. The first-order valence-corrected chi connectivity index (χ1v) is 7.47. The quantitative estimate of drug-likeness (QED) is 0.842. The van der Waals surface area contributed by atoms with Gasteiger partial charge in [-0.15, -0.1) is 0 Å². The molecule has 0 N–H and O–H groups in total. The summed E-state index contributed by atoms with van der Waals surface area (Å²) >= 11 is 1.62. The van der Waals surface area contributed by atoms with Crippen LogP contribution in [0.5, 0.6) is 0 Å². The zero-order valence-corrected chi connectivity index (χ0v) is 12.7. The fourth-order valence-electron chi connectivity index (χ4n) is 2.02. The van der Waals surface area contributed by atoms with Crippen LogP contribution < -0.4 is 0 Å². The number of carbonyl (C=O) groups is 1. The number of aromatic nitrogens is 1. The van der Waals surface area contributed by atoms with Gasteiger partial charge in [0.1, 0.15) is 4.75 Å². The zero-order valence-electron chi connectivity index (χ0n) is 11.9. The summed E-state index contributed by atoms with van der Waals surface area (Å²) in [5, 5.41) is 0.944. The average molecular weight is 276 g/mol. The van der Waals surface area contributed by atoms with Crippen molar-refractivity contribution in [2.45, 2.75) is 44.8 Å². The van der Waals surface area contributed by atoms with Crippen LogP contribution >= 0.6 is 11.8 Å². The third-order valence-electron chi connectivity index (χ3n) is 3.76. The number of rotatable bonds is 4. The zero-order chi connectivity index (χ0) is 14.0. The molecule has 4 heteroatoms. The van der Waals surface area contributed by atoms with Crippen LogP contribution in [0, 0.1) is 5.92 Å². The molecule has 0 saturated heterocycles.